The second-order valence-electron chi connectivity index (χ2n) is 5.71. The molecule has 0 aliphatic rings. The van der Waals surface area contributed by atoms with E-state index in [0.29, 0.717) is 6.04 Å². The average molecular weight is 251 g/mol. The number of hydrogen-bond acceptors (Lipinski definition) is 2. The fourth-order valence-electron chi connectivity index (χ4n) is 2.18. The summed E-state index contributed by atoms with van der Waals surface area (Å²) in [5.41, 5.74) is 1.10. The van der Waals surface area contributed by atoms with Crippen molar-refractivity contribution in [2.75, 3.05) is 11.9 Å². The molecule has 0 spiro atoms. The maximum absolute atomic E-state index is 4.56. The predicted molar refractivity (Wildman–Crippen MR) is 79.1 cm³/mol. The number of nitrogens with one attached hydrogen (secondary N) is 1. The Bertz CT molecular complexity index is 342. The molecule has 0 aliphatic carbocycles. The van der Waals surface area contributed by atoms with Gasteiger partial charge in [-0.25, -0.2) is 4.98 Å². The third-order valence-corrected chi connectivity index (χ3v) is 3.26. The van der Waals surface area contributed by atoms with E-state index in [4.69, 9.17) is 0 Å². The van der Waals surface area contributed by atoms with Crippen molar-refractivity contribution in [2.24, 2.45) is 5.92 Å². The zero-order chi connectivity index (χ0) is 13.5. The maximum atomic E-state index is 4.56. The Morgan fingerprint density at radius 3 is 2.61 bits per heavy atom. The first-order valence-electron chi connectivity index (χ1n) is 7.34. The van der Waals surface area contributed by atoms with Gasteiger partial charge in [0.1, 0.15) is 0 Å². The van der Waals surface area contributed by atoms with Crippen LogP contribution in [-0.2, 0) is 0 Å². The summed E-state index contributed by atoms with van der Waals surface area (Å²) < 4.78 is 2.30. The second kappa shape index (κ2) is 7.45. The molecule has 0 amide bonds. The van der Waals surface area contributed by atoms with Crippen molar-refractivity contribution < 1.29 is 0 Å². The highest BCUT2D eigenvalue weighted by molar-refractivity contribution is 5.29. The Kier molecular flexibility index (Phi) is 6.23. The molecule has 1 rings (SSSR count). The lowest BCUT2D eigenvalue weighted by Gasteiger charge is -2.17. The van der Waals surface area contributed by atoms with Crippen molar-refractivity contribution in [3.63, 3.8) is 0 Å². The van der Waals surface area contributed by atoms with E-state index in [2.05, 4.69) is 55.7 Å². The number of nitrogens with zero attached hydrogens (tertiary/aromatic N) is 2. The fraction of sp³-hybridized carbons (Fsp3) is 0.800. The molecule has 1 atom stereocenters. The van der Waals surface area contributed by atoms with E-state index in [0.717, 1.165) is 30.5 Å². The van der Waals surface area contributed by atoms with E-state index in [1.54, 1.807) is 0 Å². The molecule has 0 radical (unpaired) electrons. The van der Waals surface area contributed by atoms with Crippen LogP contribution in [0.15, 0.2) is 6.20 Å². The Morgan fingerprint density at radius 2 is 2.00 bits per heavy atom. The molecule has 0 aromatic carbocycles. The van der Waals surface area contributed by atoms with Gasteiger partial charge in [0.05, 0.1) is 5.69 Å². The van der Waals surface area contributed by atoms with E-state index in [-0.39, 0.29) is 0 Å². The minimum Gasteiger partial charge on any atom is -0.356 e. The first kappa shape index (κ1) is 15.1. The van der Waals surface area contributed by atoms with Gasteiger partial charge in [-0.3, -0.25) is 0 Å². The molecule has 0 saturated carbocycles. The van der Waals surface area contributed by atoms with Gasteiger partial charge in [0.2, 0.25) is 5.95 Å². The summed E-state index contributed by atoms with van der Waals surface area (Å²) in [6.45, 7) is 12.1. The molecule has 0 aliphatic heterocycles. The Labute approximate surface area is 112 Å². The van der Waals surface area contributed by atoms with Crippen LogP contribution in [0.4, 0.5) is 5.95 Å². The van der Waals surface area contributed by atoms with Gasteiger partial charge in [-0.05, 0) is 32.6 Å². The zero-order valence-electron chi connectivity index (χ0n) is 12.7. The average Bonchev–Trinajstić information content (AvgIpc) is 2.67. The van der Waals surface area contributed by atoms with E-state index >= 15 is 0 Å². The summed E-state index contributed by atoms with van der Waals surface area (Å²) in [4.78, 5) is 4.56. The van der Waals surface area contributed by atoms with Gasteiger partial charge < -0.3 is 9.88 Å². The summed E-state index contributed by atoms with van der Waals surface area (Å²) in [7, 11) is 0. The molecule has 0 bridgehead atoms. The van der Waals surface area contributed by atoms with Crippen LogP contribution < -0.4 is 5.32 Å². The van der Waals surface area contributed by atoms with Crippen LogP contribution in [0.25, 0.3) is 0 Å². The standard InChI is InChI=1S/C15H29N3/c1-6-10-16-15-17-13(4)11-18(15)14(5)9-7-8-12(2)3/h11-12,14H,6-10H2,1-5H3,(H,16,17). The molecule has 1 aromatic rings. The normalized spacial score (nSPS) is 13.0. The molecule has 3 nitrogen and oxygen atoms in total. The van der Waals surface area contributed by atoms with Crippen LogP contribution in [0.5, 0.6) is 0 Å². The molecule has 1 N–H and O–H groups in total. The van der Waals surface area contributed by atoms with Crippen molar-refractivity contribution in [3.8, 4) is 0 Å². The third-order valence-electron chi connectivity index (χ3n) is 3.26. The van der Waals surface area contributed by atoms with Crippen LogP contribution in [-0.4, -0.2) is 16.1 Å². The quantitative estimate of drug-likeness (QED) is 0.742. The van der Waals surface area contributed by atoms with E-state index < -0.39 is 0 Å². The van der Waals surface area contributed by atoms with Gasteiger partial charge in [0, 0.05) is 18.8 Å². The molecule has 104 valence electrons. The Balaban J connectivity index is 2.57. The minimum atomic E-state index is 0.532. The van der Waals surface area contributed by atoms with Crippen molar-refractivity contribution in [1.29, 1.82) is 0 Å². The molecule has 1 unspecified atom stereocenters. The number of hydrogen-bond donors (Lipinski definition) is 1. The van der Waals surface area contributed by atoms with Crippen LogP contribution >= 0.6 is 0 Å². The molecule has 0 saturated heterocycles. The van der Waals surface area contributed by atoms with Gasteiger partial charge in [-0.2, -0.15) is 0 Å². The lowest BCUT2D eigenvalue weighted by molar-refractivity contribution is 0.449. The molecule has 1 aromatic heterocycles. The topological polar surface area (TPSA) is 29.9 Å². The van der Waals surface area contributed by atoms with Gasteiger partial charge in [-0.1, -0.05) is 33.6 Å². The second-order valence-corrected chi connectivity index (χ2v) is 5.71. The molecule has 0 fully saturated rings. The van der Waals surface area contributed by atoms with E-state index in [1.165, 1.54) is 19.3 Å². The maximum Gasteiger partial charge on any atom is 0.203 e. The minimum absolute atomic E-state index is 0.532. The SMILES string of the molecule is CCCNc1nc(C)cn1C(C)CCCC(C)C. The zero-order valence-corrected chi connectivity index (χ0v) is 12.7. The summed E-state index contributed by atoms with van der Waals surface area (Å²) in [5, 5.41) is 3.42. The third kappa shape index (κ3) is 4.71. The van der Waals surface area contributed by atoms with Crippen LogP contribution in [0.1, 0.15) is 65.1 Å². The molecule has 18 heavy (non-hydrogen) atoms. The first-order valence-corrected chi connectivity index (χ1v) is 7.34. The fourth-order valence-corrected chi connectivity index (χ4v) is 2.18. The summed E-state index contributed by atoms with van der Waals surface area (Å²) >= 11 is 0. The van der Waals surface area contributed by atoms with Crippen LogP contribution in [0, 0.1) is 12.8 Å². The monoisotopic (exact) mass is 251 g/mol. The number of aryl methyl sites for hydroxylation is 1. The number of rotatable bonds is 8. The number of anilines is 1. The van der Waals surface area contributed by atoms with Gasteiger partial charge in [-0.15, -0.1) is 0 Å². The summed E-state index contributed by atoms with van der Waals surface area (Å²) in [6.07, 6.45) is 7.14. The molecular weight excluding hydrogens is 222 g/mol. The van der Waals surface area contributed by atoms with Crippen LogP contribution in [0.2, 0.25) is 0 Å². The summed E-state index contributed by atoms with van der Waals surface area (Å²) in [6, 6.07) is 0.532. The van der Waals surface area contributed by atoms with Crippen molar-refractivity contribution in [2.45, 2.75) is 66.3 Å². The Hall–Kier alpha value is -0.990. The number of imidazole rings is 1. The van der Waals surface area contributed by atoms with Gasteiger partial charge in [0.25, 0.3) is 0 Å². The highest BCUT2D eigenvalue weighted by Crippen LogP contribution is 2.21. The highest BCUT2D eigenvalue weighted by Gasteiger charge is 2.11. The van der Waals surface area contributed by atoms with E-state index in [1.807, 2.05) is 0 Å². The summed E-state index contributed by atoms with van der Waals surface area (Å²) in [5.74, 6) is 1.84. The predicted octanol–water partition coefficient (Wildman–Crippen LogP) is 4.40. The molecule has 3 heteroatoms. The lowest BCUT2D eigenvalue weighted by atomic mass is 10.0. The lowest BCUT2D eigenvalue weighted by Crippen LogP contribution is -2.11. The van der Waals surface area contributed by atoms with Crippen molar-refractivity contribution in [1.82, 2.24) is 9.55 Å². The van der Waals surface area contributed by atoms with Crippen LogP contribution in [0.3, 0.4) is 0 Å². The van der Waals surface area contributed by atoms with Gasteiger partial charge >= 0.3 is 0 Å². The van der Waals surface area contributed by atoms with Crippen molar-refractivity contribution in [3.05, 3.63) is 11.9 Å². The molecular formula is C15H29N3. The molecule has 1 heterocycles. The smallest absolute Gasteiger partial charge is 0.203 e. The van der Waals surface area contributed by atoms with Crippen molar-refractivity contribution >= 4 is 5.95 Å². The highest BCUT2D eigenvalue weighted by atomic mass is 15.2. The van der Waals surface area contributed by atoms with E-state index in [9.17, 15) is 0 Å². The largest absolute Gasteiger partial charge is 0.356 e. The number of aromatic nitrogens is 2. The first-order chi connectivity index (χ1) is 8.54. The van der Waals surface area contributed by atoms with Gasteiger partial charge in [0.15, 0.2) is 0 Å². The Morgan fingerprint density at radius 1 is 1.28 bits per heavy atom.